The largest absolute Gasteiger partial charge is 0.417 e. The zero-order valence-corrected chi connectivity index (χ0v) is 14.2. The van der Waals surface area contributed by atoms with Crippen LogP contribution in [0.5, 0.6) is 0 Å². The Morgan fingerprint density at radius 1 is 1.28 bits per heavy atom. The molecule has 0 fully saturated rings. The number of sulfone groups is 1. The van der Waals surface area contributed by atoms with Crippen LogP contribution in [-0.4, -0.2) is 30.8 Å². The second kappa shape index (κ2) is 6.47. The first kappa shape index (κ1) is 18.9. The van der Waals surface area contributed by atoms with E-state index in [4.69, 9.17) is 4.42 Å². The van der Waals surface area contributed by atoms with Crippen molar-refractivity contribution in [2.45, 2.75) is 31.3 Å². The maximum Gasteiger partial charge on any atom is 0.417 e. The van der Waals surface area contributed by atoms with Crippen LogP contribution in [0, 0.1) is 6.92 Å². The lowest BCUT2D eigenvalue weighted by Crippen LogP contribution is -2.20. The van der Waals surface area contributed by atoms with Crippen LogP contribution in [0.3, 0.4) is 0 Å². The monoisotopic (exact) mass is 377 g/mol. The Hall–Kier alpha value is -2.43. The first-order valence-electron chi connectivity index (χ1n) is 6.99. The highest BCUT2D eigenvalue weighted by molar-refractivity contribution is 7.90. The summed E-state index contributed by atoms with van der Waals surface area (Å²) in [6.07, 6.45) is -4.31. The molecule has 7 nitrogen and oxygen atoms in total. The van der Waals surface area contributed by atoms with Crippen LogP contribution in [0.4, 0.5) is 19.2 Å². The van der Waals surface area contributed by atoms with Crippen LogP contribution in [-0.2, 0) is 22.4 Å². The lowest BCUT2D eigenvalue weighted by Gasteiger charge is -2.17. The van der Waals surface area contributed by atoms with Crippen LogP contribution in [0.2, 0.25) is 0 Å². The van der Waals surface area contributed by atoms with Gasteiger partial charge in [-0.2, -0.15) is 13.2 Å². The second-order valence-corrected chi connectivity index (χ2v) is 7.12. The smallest absolute Gasteiger partial charge is 0.408 e. The molecule has 11 heteroatoms. The molecule has 0 aliphatic carbocycles. The summed E-state index contributed by atoms with van der Waals surface area (Å²) in [6.45, 7) is 2.94. The molecule has 25 heavy (non-hydrogen) atoms. The number of hydrogen-bond acceptors (Lipinski definition) is 6. The van der Waals surface area contributed by atoms with Gasteiger partial charge in [-0.05, 0) is 24.1 Å². The van der Waals surface area contributed by atoms with E-state index in [0.717, 1.165) is 6.07 Å². The summed E-state index contributed by atoms with van der Waals surface area (Å²) in [5, 5.41) is 9.29. The molecule has 0 saturated heterocycles. The molecule has 0 radical (unpaired) electrons. The number of benzene rings is 1. The number of aryl methyl sites for hydroxylation is 1. The van der Waals surface area contributed by atoms with Crippen LogP contribution in [0.25, 0.3) is 0 Å². The minimum Gasteiger partial charge on any atom is -0.408 e. The Morgan fingerprint density at radius 2 is 1.92 bits per heavy atom. The van der Waals surface area contributed by atoms with Crippen LogP contribution < -0.4 is 5.32 Å². The molecule has 2 aromatic rings. The third-order valence-corrected chi connectivity index (χ3v) is 4.49. The Labute approximate surface area is 141 Å². The van der Waals surface area contributed by atoms with Crippen molar-refractivity contribution in [3.8, 4) is 0 Å². The van der Waals surface area contributed by atoms with Crippen molar-refractivity contribution >= 4 is 21.8 Å². The number of aromatic nitrogens is 2. The second-order valence-electron chi connectivity index (χ2n) is 5.17. The van der Waals surface area contributed by atoms with Gasteiger partial charge >= 0.3 is 12.2 Å². The number of carbonyl (C=O) groups excluding carboxylic acids is 1. The molecular weight excluding hydrogens is 363 g/mol. The van der Waals surface area contributed by atoms with Gasteiger partial charge in [0.1, 0.15) is 0 Å². The van der Waals surface area contributed by atoms with E-state index in [1.165, 1.54) is 13.8 Å². The molecule has 0 spiro atoms. The molecule has 0 saturated carbocycles. The highest BCUT2D eigenvalue weighted by Gasteiger charge is 2.38. The lowest BCUT2D eigenvalue weighted by molar-refractivity contribution is -0.140. The summed E-state index contributed by atoms with van der Waals surface area (Å²) in [5.74, 6) is -0.672. The molecule has 0 aliphatic rings. The average Bonchev–Trinajstić information content (AvgIpc) is 2.88. The molecule has 1 amide bonds. The third-order valence-electron chi connectivity index (χ3n) is 3.28. The van der Waals surface area contributed by atoms with E-state index in [1.807, 2.05) is 0 Å². The van der Waals surface area contributed by atoms with E-state index in [9.17, 15) is 26.4 Å². The summed E-state index contributed by atoms with van der Waals surface area (Å²) in [6, 6.07) is 1.25. The number of nitrogens with zero attached hydrogens (tertiary/aromatic N) is 2. The first-order valence-corrected chi connectivity index (χ1v) is 8.88. The van der Waals surface area contributed by atoms with Gasteiger partial charge in [-0.3, -0.25) is 10.1 Å². The molecule has 1 heterocycles. The van der Waals surface area contributed by atoms with Crippen LogP contribution >= 0.6 is 0 Å². The van der Waals surface area contributed by atoms with Gasteiger partial charge in [0.25, 0.3) is 5.91 Å². The quantitative estimate of drug-likeness (QED) is 0.879. The van der Waals surface area contributed by atoms with E-state index in [2.05, 4.69) is 15.5 Å². The number of anilines is 1. The minimum absolute atomic E-state index is 0.0993. The maximum atomic E-state index is 13.2. The normalized spacial score (nSPS) is 12.2. The molecule has 0 bridgehead atoms. The zero-order chi connectivity index (χ0) is 19.0. The fourth-order valence-corrected chi connectivity index (χ4v) is 3.63. The Bertz CT molecular complexity index is 920. The summed E-state index contributed by atoms with van der Waals surface area (Å²) in [4.78, 5) is 11.4. The highest BCUT2D eigenvalue weighted by atomic mass is 32.2. The van der Waals surface area contributed by atoms with Crippen molar-refractivity contribution in [3.05, 3.63) is 34.7 Å². The van der Waals surface area contributed by atoms with Gasteiger partial charge in [0.2, 0.25) is 5.89 Å². The molecule has 1 N–H and O–H groups in total. The Morgan fingerprint density at radius 3 is 2.36 bits per heavy atom. The van der Waals surface area contributed by atoms with Crippen LogP contribution in [0.1, 0.15) is 34.3 Å². The van der Waals surface area contributed by atoms with E-state index < -0.39 is 32.4 Å². The van der Waals surface area contributed by atoms with Gasteiger partial charge in [0, 0.05) is 18.7 Å². The standard InChI is InChI=1S/C14H14F3N3O4S/c1-4-8-9(12(21)18-13-20-19-7(2)24-13)5-6-10(14(15,16)17)11(8)25(3,22)23/h5-6H,4H2,1-3H3,(H,18,20,21). The number of carbonyl (C=O) groups is 1. The van der Waals surface area contributed by atoms with Gasteiger partial charge in [0.15, 0.2) is 9.84 Å². The van der Waals surface area contributed by atoms with E-state index >= 15 is 0 Å². The molecule has 2 rings (SSSR count). The average molecular weight is 377 g/mol. The zero-order valence-electron chi connectivity index (χ0n) is 13.4. The van der Waals surface area contributed by atoms with Gasteiger partial charge in [0.05, 0.1) is 10.5 Å². The predicted octanol–water partition coefficient (Wildman–Crippen LogP) is 2.62. The Kier molecular flexibility index (Phi) is 4.89. The molecular formula is C14H14F3N3O4S. The van der Waals surface area contributed by atoms with Crippen molar-refractivity contribution in [2.24, 2.45) is 0 Å². The van der Waals surface area contributed by atoms with Crippen molar-refractivity contribution < 1.29 is 30.8 Å². The summed E-state index contributed by atoms with van der Waals surface area (Å²) in [5.41, 5.74) is -1.75. The van der Waals surface area contributed by atoms with Crippen molar-refractivity contribution in [1.29, 1.82) is 0 Å². The molecule has 1 aromatic carbocycles. The Balaban J connectivity index is 2.62. The lowest BCUT2D eigenvalue weighted by atomic mass is 10.0. The maximum absolute atomic E-state index is 13.2. The predicted molar refractivity (Wildman–Crippen MR) is 80.9 cm³/mol. The molecule has 0 atom stereocenters. The topological polar surface area (TPSA) is 102 Å². The SMILES string of the molecule is CCc1c(C(=O)Nc2nnc(C)o2)ccc(C(F)(F)F)c1S(C)(=O)=O. The molecule has 0 unspecified atom stereocenters. The fourth-order valence-electron chi connectivity index (χ4n) is 2.35. The number of nitrogens with one attached hydrogen (secondary N) is 1. The minimum atomic E-state index is -4.87. The van der Waals surface area contributed by atoms with E-state index in [0.29, 0.717) is 12.3 Å². The summed E-state index contributed by atoms with van der Waals surface area (Å²) in [7, 11) is -4.24. The van der Waals surface area contributed by atoms with Gasteiger partial charge in [-0.1, -0.05) is 12.0 Å². The summed E-state index contributed by atoms with van der Waals surface area (Å²) >= 11 is 0. The number of hydrogen-bond donors (Lipinski definition) is 1. The fraction of sp³-hybridized carbons (Fsp3) is 0.357. The van der Waals surface area contributed by atoms with Crippen molar-refractivity contribution in [3.63, 3.8) is 0 Å². The number of rotatable bonds is 4. The van der Waals surface area contributed by atoms with Gasteiger partial charge in [-0.15, -0.1) is 5.10 Å². The highest BCUT2D eigenvalue weighted by Crippen LogP contribution is 2.37. The molecule has 136 valence electrons. The van der Waals surface area contributed by atoms with Crippen molar-refractivity contribution in [2.75, 3.05) is 11.6 Å². The first-order chi connectivity index (χ1) is 11.4. The number of alkyl halides is 3. The number of amides is 1. The number of halogens is 3. The van der Waals surface area contributed by atoms with E-state index in [-0.39, 0.29) is 29.5 Å². The van der Waals surface area contributed by atoms with E-state index in [1.54, 1.807) is 0 Å². The van der Waals surface area contributed by atoms with Gasteiger partial charge < -0.3 is 4.42 Å². The molecule has 1 aromatic heterocycles. The molecule has 0 aliphatic heterocycles. The van der Waals surface area contributed by atoms with Gasteiger partial charge in [-0.25, -0.2) is 8.42 Å². The third kappa shape index (κ3) is 3.98. The van der Waals surface area contributed by atoms with Crippen molar-refractivity contribution in [1.82, 2.24) is 10.2 Å². The summed E-state index contributed by atoms with van der Waals surface area (Å²) < 4.78 is 68.4. The van der Waals surface area contributed by atoms with Crippen LogP contribution in [0.15, 0.2) is 21.4 Å².